The van der Waals surface area contributed by atoms with Crippen molar-refractivity contribution in [2.75, 3.05) is 6.54 Å². The average Bonchev–Trinajstić information content (AvgIpc) is 2.17. The summed E-state index contributed by atoms with van der Waals surface area (Å²) in [5, 5.41) is 3.27. The van der Waals surface area contributed by atoms with Crippen molar-refractivity contribution in [2.24, 2.45) is 0 Å². The Hall–Kier alpha value is -1.15. The van der Waals surface area contributed by atoms with Gasteiger partial charge in [-0.15, -0.1) is 12.6 Å². The fourth-order valence-electron chi connectivity index (χ4n) is 1.36. The summed E-state index contributed by atoms with van der Waals surface area (Å²) in [7, 11) is 0. The van der Waals surface area contributed by atoms with Gasteiger partial charge in [-0.3, -0.25) is 0 Å². The molecule has 0 aliphatic carbocycles. The van der Waals surface area contributed by atoms with Crippen LogP contribution in [-0.4, -0.2) is 6.54 Å². The van der Waals surface area contributed by atoms with Gasteiger partial charge in [-0.2, -0.15) is 0 Å². The Kier molecular flexibility index (Phi) is 4.50. The summed E-state index contributed by atoms with van der Waals surface area (Å²) in [6.07, 6.45) is 0.855. The van der Waals surface area contributed by atoms with Gasteiger partial charge in [0.1, 0.15) is 0 Å². The van der Waals surface area contributed by atoms with E-state index >= 15 is 0 Å². The molecule has 0 heterocycles. The standard InChI is InChI=1S/C13H17NS/c1-10-6-4-5-7-13(10)12(3)14-9-8-11(2)15/h4-7,14-15H,2-3,8-9H2,1H3. The quantitative estimate of drug-likeness (QED) is 0.723. The molecular weight excluding hydrogens is 202 g/mol. The summed E-state index contributed by atoms with van der Waals surface area (Å²) in [6.45, 7) is 10.7. The van der Waals surface area contributed by atoms with E-state index in [1.54, 1.807) is 0 Å². The third kappa shape index (κ3) is 3.84. The van der Waals surface area contributed by atoms with Gasteiger partial charge >= 0.3 is 0 Å². The van der Waals surface area contributed by atoms with Gasteiger partial charge < -0.3 is 5.32 Å². The molecule has 1 nitrogen and oxygen atoms in total. The number of rotatable bonds is 5. The van der Waals surface area contributed by atoms with Gasteiger partial charge in [-0.05, 0) is 29.4 Å². The van der Waals surface area contributed by atoms with Crippen LogP contribution in [0, 0.1) is 6.92 Å². The molecule has 0 fully saturated rings. The summed E-state index contributed by atoms with van der Waals surface area (Å²) in [5.41, 5.74) is 3.37. The maximum atomic E-state index is 4.14. The Balaban J connectivity index is 2.54. The highest BCUT2D eigenvalue weighted by molar-refractivity contribution is 7.84. The van der Waals surface area contributed by atoms with Gasteiger partial charge in [-0.1, -0.05) is 37.4 Å². The average molecular weight is 219 g/mol. The molecule has 0 amide bonds. The number of hydrogen-bond acceptors (Lipinski definition) is 2. The van der Waals surface area contributed by atoms with Crippen LogP contribution in [-0.2, 0) is 0 Å². The molecule has 1 aromatic carbocycles. The second kappa shape index (κ2) is 5.66. The van der Waals surface area contributed by atoms with Gasteiger partial charge in [0.15, 0.2) is 0 Å². The first-order valence-corrected chi connectivity index (χ1v) is 5.41. The number of thiol groups is 1. The molecule has 15 heavy (non-hydrogen) atoms. The van der Waals surface area contributed by atoms with Gasteiger partial charge in [0.2, 0.25) is 0 Å². The minimum atomic E-state index is 0.829. The number of benzene rings is 1. The molecule has 0 saturated heterocycles. The van der Waals surface area contributed by atoms with E-state index in [0.717, 1.165) is 23.6 Å². The molecule has 0 saturated carbocycles. The van der Waals surface area contributed by atoms with E-state index in [0.29, 0.717) is 0 Å². The van der Waals surface area contributed by atoms with Crippen LogP contribution in [0.2, 0.25) is 0 Å². The van der Waals surface area contributed by atoms with Crippen molar-refractivity contribution < 1.29 is 0 Å². The summed E-state index contributed by atoms with van der Waals surface area (Å²) < 4.78 is 0. The monoisotopic (exact) mass is 219 g/mol. The fourth-order valence-corrected chi connectivity index (χ4v) is 1.48. The molecule has 0 spiro atoms. The van der Waals surface area contributed by atoms with Crippen molar-refractivity contribution in [3.63, 3.8) is 0 Å². The maximum Gasteiger partial charge on any atom is 0.0343 e. The van der Waals surface area contributed by atoms with Crippen LogP contribution in [0.5, 0.6) is 0 Å². The van der Waals surface area contributed by atoms with Crippen LogP contribution in [0.25, 0.3) is 5.70 Å². The number of nitrogens with one attached hydrogen (secondary N) is 1. The SMILES string of the molecule is C=C(S)CCNC(=C)c1ccccc1C. The zero-order valence-electron chi connectivity index (χ0n) is 9.09. The molecular formula is C13H17NS. The molecule has 1 aromatic rings. The van der Waals surface area contributed by atoms with Crippen molar-refractivity contribution in [2.45, 2.75) is 13.3 Å². The van der Waals surface area contributed by atoms with Crippen molar-refractivity contribution in [3.05, 3.63) is 53.5 Å². The zero-order chi connectivity index (χ0) is 11.3. The second-order valence-corrected chi connectivity index (χ2v) is 4.17. The predicted molar refractivity (Wildman–Crippen MR) is 71.0 cm³/mol. The first kappa shape index (κ1) is 11.9. The van der Waals surface area contributed by atoms with Crippen molar-refractivity contribution in [3.8, 4) is 0 Å². The van der Waals surface area contributed by atoms with E-state index in [1.807, 2.05) is 12.1 Å². The molecule has 0 aromatic heterocycles. The largest absolute Gasteiger partial charge is 0.385 e. The highest BCUT2D eigenvalue weighted by Crippen LogP contribution is 2.14. The first-order valence-electron chi connectivity index (χ1n) is 4.97. The Morgan fingerprint density at radius 3 is 2.60 bits per heavy atom. The Morgan fingerprint density at radius 1 is 1.33 bits per heavy atom. The molecule has 0 aliphatic heterocycles. The lowest BCUT2D eigenvalue weighted by Crippen LogP contribution is -2.13. The van der Waals surface area contributed by atoms with Crippen LogP contribution in [0.4, 0.5) is 0 Å². The van der Waals surface area contributed by atoms with Crippen LogP contribution >= 0.6 is 12.6 Å². The maximum absolute atomic E-state index is 4.14. The topological polar surface area (TPSA) is 12.0 Å². The first-order chi connectivity index (χ1) is 7.11. The van der Waals surface area contributed by atoms with Crippen molar-refractivity contribution in [1.29, 1.82) is 0 Å². The molecule has 80 valence electrons. The lowest BCUT2D eigenvalue weighted by molar-refractivity contribution is 0.865. The van der Waals surface area contributed by atoms with E-state index in [4.69, 9.17) is 0 Å². The highest BCUT2D eigenvalue weighted by Gasteiger charge is 2.00. The lowest BCUT2D eigenvalue weighted by atomic mass is 10.1. The minimum absolute atomic E-state index is 0.829. The van der Waals surface area contributed by atoms with Crippen LogP contribution in [0.3, 0.4) is 0 Å². The van der Waals surface area contributed by atoms with Crippen molar-refractivity contribution >= 4 is 18.3 Å². The predicted octanol–water partition coefficient (Wildman–Crippen LogP) is 3.39. The zero-order valence-corrected chi connectivity index (χ0v) is 9.98. The normalized spacial score (nSPS) is 9.73. The van der Waals surface area contributed by atoms with Crippen LogP contribution in [0.1, 0.15) is 17.5 Å². The molecule has 0 atom stereocenters. The summed E-state index contributed by atoms with van der Waals surface area (Å²) >= 11 is 4.14. The Labute approximate surface area is 97.3 Å². The third-order valence-electron chi connectivity index (χ3n) is 2.22. The summed E-state index contributed by atoms with van der Waals surface area (Å²) in [6, 6.07) is 8.20. The number of hydrogen-bond donors (Lipinski definition) is 2. The summed E-state index contributed by atoms with van der Waals surface area (Å²) in [4.78, 5) is 0.889. The van der Waals surface area contributed by atoms with Crippen LogP contribution in [0.15, 0.2) is 42.3 Å². The molecule has 0 unspecified atom stereocenters. The molecule has 1 rings (SSSR count). The Bertz CT molecular complexity index is 369. The fraction of sp³-hybridized carbons (Fsp3) is 0.231. The molecule has 1 N–H and O–H groups in total. The van der Waals surface area contributed by atoms with E-state index in [2.05, 4.69) is 50.2 Å². The second-order valence-electron chi connectivity index (χ2n) is 3.54. The number of aryl methyl sites for hydroxylation is 1. The smallest absolute Gasteiger partial charge is 0.0343 e. The molecule has 0 bridgehead atoms. The minimum Gasteiger partial charge on any atom is -0.385 e. The van der Waals surface area contributed by atoms with E-state index in [9.17, 15) is 0 Å². The van der Waals surface area contributed by atoms with E-state index in [1.165, 1.54) is 11.1 Å². The third-order valence-corrected chi connectivity index (χ3v) is 2.45. The van der Waals surface area contributed by atoms with Crippen LogP contribution < -0.4 is 5.32 Å². The lowest BCUT2D eigenvalue weighted by Gasteiger charge is -2.11. The van der Waals surface area contributed by atoms with Crippen molar-refractivity contribution in [1.82, 2.24) is 5.32 Å². The van der Waals surface area contributed by atoms with Gasteiger partial charge in [-0.25, -0.2) is 0 Å². The molecule has 0 aliphatic rings. The van der Waals surface area contributed by atoms with Gasteiger partial charge in [0, 0.05) is 12.2 Å². The summed E-state index contributed by atoms with van der Waals surface area (Å²) in [5.74, 6) is 0. The molecule has 0 radical (unpaired) electrons. The van der Waals surface area contributed by atoms with E-state index in [-0.39, 0.29) is 0 Å². The van der Waals surface area contributed by atoms with Gasteiger partial charge in [0.05, 0.1) is 0 Å². The van der Waals surface area contributed by atoms with E-state index < -0.39 is 0 Å². The Morgan fingerprint density at radius 2 is 2.00 bits per heavy atom. The highest BCUT2D eigenvalue weighted by atomic mass is 32.1. The van der Waals surface area contributed by atoms with Gasteiger partial charge in [0.25, 0.3) is 0 Å². The molecule has 2 heteroatoms.